The van der Waals surface area contributed by atoms with Crippen molar-refractivity contribution in [3.63, 3.8) is 0 Å². The van der Waals surface area contributed by atoms with Crippen molar-refractivity contribution in [1.29, 1.82) is 0 Å². The maximum absolute atomic E-state index is 12.1. The summed E-state index contributed by atoms with van der Waals surface area (Å²) in [6.07, 6.45) is 0.820. The van der Waals surface area contributed by atoms with Crippen molar-refractivity contribution < 1.29 is 14.3 Å². The summed E-state index contributed by atoms with van der Waals surface area (Å²) < 4.78 is 5.58. The average Bonchev–Trinajstić information content (AvgIpc) is 2.41. The standard InChI is InChI=1S/C15H20N2O3/c1-4-6-14(18)16-11-7-8-13-12(9-11)17(5-2)15(19)10(3)20-13/h7-10H,4-6H2,1-3H3,(H,16,18). The lowest BCUT2D eigenvalue weighted by Gasteiger charge is -2.32. The monoisotopic (exact) mass is 276 g/mol. The average molecular weight is 276 g/mol. The van der Waals surface area contributed by atoms with Crippen LogP contribution in [0.4, 0.5) is 11.4 Å². The molecule has 1 heterocycles. The molecule has 0 bridgehead atoms. The molecule has 0 aliphatic carbocycles. The summed E-state index contributed by atoms with van der Waals surface area (Å²) in [7, 11) is 0. The van der Waals surface area contributed by atoms with Crippen LogP contribution in [0.2, 0.25) is 0 Å². The first-order valence-electron chi connectivity index (χ1n) is 6.98. The van der Waals surface area contributed by atoms with Gasteiger partial charge in [-0.3, -0.25) is 9.59 Å². The predicted octanol–water partition coefficient (Wildman–Crippen LogP) is 2.56. The molecule has 2 rings (SSSR count). The molecule has 20 heavy (non-hydrogen) atoms. The van der Waals surface area contributed by atoms with Gasteiger partial charge in [0.1, 0.15) is 5.75 Å². The van der Waals surface area contributed by atoms with Gasteiger partial charge in [0.2, 0.25) is 5.91 Å². The molecule has 1 atom stereocenters. The number of hydrogen-bond donors (Lipinski definition) is 1. The normalized spacial score (nSPS) is 17.4. The molecule has 1 aliphatic rings. The van der Waals surface area contributed by atoms with Gasteiger partial charge in [0, 0.05) is 18.7 Å². The summed E-state index contributed by atoms with van der Waals surface area (Å²) >= 11 is 0. The Morgan fingerprint density at radius 2 is 2.15 bits per heavy atom. The Kier molecular flexibility index (Phi) is 4.27. The lowest BCUT2D eigenvalue weighted by atomic mass is 10.1. The maximum atomic E-state index is 12.1. The topological polar surface area (TPSA) is 58.6 Å². The van der Waals surface area contributed by atoms with Crippen molar-refractivity contribution in [3.8, 4) is 5.75 Å². The van der Waals surface area contributed by atoms with Crippen LogP contribution in [0.5, 0.6) is 5.75 Å². The van der Waals surface area contributed by atoms with Gasteiger partial charge in [-0.2, -0.15) is 0 Å². The second-order valence-electron chi connectivity index (χ2n) is 4.82. The summed E-state index contributed by atoms with van der Waals surface area (Å²) in [4.78, 5) is 25.4. The molecule has 0 aromatic heterocycles. The quantitative estimate of drug-likeness (QED) is 0.919. The van der Waals surface area contributed by atoms with E-state index in [1.54, 1.807) is 30.0 Å². The zero-order chi connectivity index (χ0) is 14.7. The van der Waals surface area contributed by atoms with Crippen LogP contribution < -0.4 is 15.0 Å². The van der Waals surface area contributed by atoms with E-state index < -0.39 is 6.10 Å². The van der Waals surface area contributed by atoms with Gasteiger partial charge in [0.05, 0.1) is 5.69 Å². The van der Waals surface area contributed by atoms with E-state index in [0.29, 0.717) is 30.1 Å². The van der Waals surface area contributed by atoms with Gasteiger partial charge in [-0.1, -0.05) is 6.92 Å². The summed E-state index contributed by atoms with van der Waals surface area (Å²) in [5.41, 5.74) is 1.40. The Bertz CT molecular complexity index is 528. The Labute approximate surface area is 118 Å². The number of anilines is 2. The van der Waals surface area contributed by atoms with Crippen LogP contribution >= 0.6 is 0 Å². The Morgan fingerprint density at radius 1 is 1.40 bits per heavy atom. The van der Waals surface area contributed by atoms with Gasteiger partial charge in [0.15, 0.2) is 6.10 Å². The van der Waals surface area contributed by atoms with Crippen molar-refractivity contribution in [1.82, 2.24) is 0 Å². The fourth-order valence-corrected chi connectivity index (χ4v) is 2.26. The summed E-state index contributed by atoms with van der Waals surface area (Å²) in [5, 5.41) is 2.83. The van der Waals surface area contributed by atoms with Gasteiger partial charge in [-0.25, -0.2) is 0 Å². The van der Waals surface area contributed by atoms with E-state index in [4.69, 9.17) is 4.74 Å². The van der Waals surface area contributed by atoms with Crippen molar-refractivity contribution in [2.75, 3.05) is 16.8 Å². The number of ether oxygens (including phenoxy) is 1. The van der Waals surface area contributed by atoms with Gasteiger partial charge < -0.3 is 15.0 Å². The van der Waals surface area contributed by atoms with Crippen LogP contribution in [0.1, 0.15) is 33.6 Å². The van der Waals surface area contributed by atoms with Gasteiger partial charge in [-0.15, -0.1) is 0 Å². The predicted molar refractivity (Wildman–Crippen MR) is 78.1 cm³/mol. The van der Waals surface area contributed by atoms with Crippen LogP contribution in [0.25, 0.3) is 0 Å². The number of fused-ring (bicyclic) bond motifs is 1. The molecule has 1 aromatic rings. The van der Waals surface area contributed by atoms with Crippen LogP contribution in [0.3, 0.4) is 0 Å². The van der Waals surface area contributed by atoms with Crippen molar-refractivity contribution >= 4 is 23.2 Å². The number of rotatable bonds is 4. The fourth-order valence-electron chi connectivity index (χ4n) is 2.26. The van der Waals surface area contributed by atoms with Crippen molar-refractivity contribution in [2.45, 2.75) is 39.7 Å². The molecule has 0 saturated carbocycles. The zero-order valence-electron chi connectivity index (χ0n) is 12.1. The van der Waals surface area contributed by atoms with E-state index >= 15 is 0 Å². The number of hydrogen-bond acceptors (Lipinski definition) is 3. The number of nitrogens with zero attached hydrogens (tertiary/aromatic N) is 1. The van der Waals surface area contributed by atoms with Gasteiger partial charge in [-0.05, 0) is 38.5 Å². The highest BCUT2D eigenvalue weighted by Gasteiger charge is 2.30. The van der Waals surface area contributed by atoms with E-state index in [1.807, 2.05) is 13.8 Å². The Balaban J connectivity index is 2.28. The zero-order valence-corrected chi connectivity index (χ0v) is 12.1. The summed E-state index contributed by atoms with van der Waals surface area (Å²) in [6, 6.07) is 5.38. The van der Waals surface area contributed by atoms with Crippen LogP contribution in [0, 0.1) is 0 Å². The first-order valence-corrected chi connectivity index (χ1v) is 6.98. The first kappa shape index (κ1) is 14.4. The molecule has 2 amide bonds. The fraction of sp³-hybridized carbons (Fsp3) is 0.467. The molecule has 5 nitrogen and oxygen atoms in total. The van der Waals surface area contributed by atoms with Gasteiger partial charge >= 0.3 is 0 Å². The number of likely N-dealkylation sites (N-methyl/N-ethyl adjacent to an activating group) is 1. The van der Waals surface area contributed by atoms with Crippen LogP contribution in [0.15, 0.2) is 18.2 Å². The second-order valence-corrected chi connectivity index (χ2v) is 4.82. The minimum Gasteiger partial charge on any atom is -0.479 e. The number of carbonyl (C=O) groups is 2. The third-order valence-electron chi connectivity index (χ3n) is 3.24. The molecule has 0 saturated heterocycles. The summed E-state index contributed by atoms with van der Waals surface area (Å²) in [5.74, 6) is 0.594. The second kappa shape index (κ2) is 5.94. The van der Waals surface area contributed by atoms with E-state index in [0.717, 1.165) is 6.42 Å². The highest BCUT2D eigenvalue weighted by molar-refractivity contribution is 6.01. The molecular formula is C15H20N2O3. The Hall–Kier alpha value is -2.04. The molecule has 0 fully saturated rings. The van der Waals surface area contributed by atoms with Crippen molar-refractivity contribution in [2.24, 2.45) is 0 Å². The lowest BCUT2D eigenvalue weighted by Crippen LogP contribution is -2.44. The molecule has 0 spiro atoms. The molecule has 5 heteroatoms. The SMILES string of the molecule is CCCC(=O)Nc1ccc2c(c1)N(CC)C(=O)C(C)O2. The molecule has 0 radical (unpaired) electrons. The smallest absolute Gasteiger partial charge is 0.267 e. The van der Waals surface area contributed by atoms with Gasteiger partial charge in [0.25, 0.3) is 5.91 Å². The van der Waals surface area contributed by atoms with E-state index in [-0.39, 0.29) is 11.8 Å². The summed E-state index contributed by atoms with van der Waals surface area (Å²) in [6.45, 7) is 6.19. The molecule has 1 aliphatic heterocycles. The molecular weight excluding hydrogens is 256 g/mol. The number of carbonyl (C=O) groups excluding carboxylic acids is 2. The Morgan fingerprint density at radius 3 is 2.80 bits per heavy atom. The highest BCUT2D eigenvalue weighted by Crippen LogP contribution is 2.36. The third-order valence-corrected chi connectivity index (χ3v) is 3.24. The number of benzene rings is 1. The highest BCUT2D eigenvalue weighted by atomic mass is 16.5. The number of nitrogens with one attached hydrogen (secondary N) is 1. The molecule has 1 N–H and O–H groups in total. The minimum atomic E-state index is -0.469. The van der Waals surface area contributed by atoms with Crippen LogP contribution in [-0.4, -0.2) is 24.5 Å². The third kappa shape index (κ3) is 2.76. The molecule has 108 valence electrons. The van der Waals surface area contributed by atoms with Crippen molar-refractivity contribution in [3.05, 3.63) is 18.2 Å². The number of amides is 2. The van der Waals surface area contributed by atoms with E-state index in [1.165, 1.54) is 0 Å². The molecule has 1 aromatic carbocycles. The largest absolute Gasteiger partial charge is 0.479 e. The lowest BCUT2D eigenvalue weighted by molar-refractivity contribution is -0.125. The van der Waals surface area contributed by atoms with E-state index in [9.17, 15) is 9.59 Å². The van der Waals surface area contributed by atoms with E-state index in [2.05, 4.69) is 5.32 Å². The maximum Gasteiger partial charge on any atom is 0.267 e. The van der Waals surface area contributed by atoms with Crippen LogP contribution in [-0.2, 0) is 9.59 Å². The first-order chi connectivity index (χ1) is 9.56. The molecule has 1 unspecified atom stereocenters. The minimum absolute atomic E-state index is 0.0214.